The first-order valence-electron chi connectivity index (χ1n) is 7.26. The molecule has 122 valence electrons. The van der Waals surface area contributed by atoms with Crippen LogP contribution in [0.2, 0.25) is 0 Å². The molecule has 0 fully saturated rings. The summed E-state index contributed by atoms with van der Waals surface area (Å²) in [5, 5.41) is 9.58. The molecule has 2 N–H and O–H groups in total. The van der Waals surface area contributed by atoms with Gasteiger partial charge in [-0.2, -0.15) is 5.10 Å². The minimum atomic E-state index is -0.315. The molecule has 23 heavy (non-hydrogen) atoms. The number of hydrogen-bond donors (Lipinski definition) is 2. The van der Waals surface area contributed by atoms with Crippen LogP contribution >= 0.6 is 15.9 Å². The number of benzene rings is 1. The molecule has 0 saturated heterocycles. The summed E-state index contributed by atoms with van der Waals surface area (Å²) in [6.07, 6.45) is 1.51. The molecule has 2 amide bonds. The van der Waals surface area contributed by atoms with Gasteiger partial charge < -0.3 is 10.6 Å². The van der Waals surface area contributed by atoms with Crippen molar-refractivity contribution in [1.82, 2.24) is 20.4 Å². The van der Waals surface area contributed by atoms with Crippen molar-refractivity contribution in [2.45, 2.75) is 26.8 Å². The molecule has 0 atom stereocenters. The SMILES string of the molecule is Cc1c(C(=O)NCC(=O)NC(C)C)cnn1-c1ccc(Br)cc1. The van der Waals surface area contributed by atoms with Gasteiger partial charge in [-0.3, -0.25) is 9.59 Å². The Balaban J connectivity index is 2.08. The van der Waals surface area contributed by atoms with Crippen molar-refractivity contribution in [3.05, 3.63) is 46.2 Å². The van der Waals surface area contributed by atoms with Crippen molar-refractivity contribution in [2.24, 2.45) is 0 Å². The monoisotopic (exact) mass is 378 g/mol. The normalized spacial score (nSPS) is 10.7. The molecular formula is C16H19BrN4O2. The molecule has 7 heteroatoms. The van der Waals surface area contributed by atoms with Crippen LogP contribution in [0.1, 0.15) is 29.9 Å². The fourth-order valence-corrected chi connectivity index (χ4v) is 2.37. The lowest BCUT2D eigenvalue weighted by Gasteiger charge is -2.09. The number of nitrogens with zero attached hydrogens (tertiary/aromatic N) is 2. The van der Waals surface area contributed by atoms with Crippen LogP contribution in [0.5, 0.6) is 0 Å². The first-order chi connectivity index (χ1) is 10.9. The molecule has 0 aliphatic carbocycles. The highest BCUT2D eigenvalue weighted by molar-refractivity contribution is 9.10. The second-order valence-corrected chi connectivity index (χ2v) is 6.35. The summed E-state index contributed by atoms with van der Waals surface area (Å²) in [5.41, 5.74) is 2.03. The Bertz CT molecular complexity index is 707. The number of halogens is 1. The average Bonchev–Trinajstić information content (AvgIpc) is 2.87. The number of hydrogen-bond acceptors (Lipinski definition) is 3. The molecule has 2 rings (SSSR count). The molecule has 0 aliphatic heterocycles. The van der Waals surface area contributed by atoms with E-state index in [1.54, 1.807) is 4.68 Å². The number of rotatable bonds is 5. The van der Waals surface area contributed by atoms with Crippen LogP contribution < -0.4 is 10.6 Å². The molecule has 1 aromatic carbocycles. The topological polar surface area (TPSA) is 76.0 Å². The third-order valence-corrected chi connectivity index (χ3v) is 3.71. The van der Waals surface area contributed by atoms with E-state index in [9.17, 15) is 9.59 Å². The lowest BCUT2D eigenvalue weighted by Crippen LogP contribution is -2.39. The van der Waals surface area contributed by atoms with E-state index < -0.39 is 0 Å². The van der Waals surface area contributed by atoms with Crippen LogP contribution in [0.3, 0.4) is 0 Å². The number of carbonyl (C=O) groups is 2. The zero-order valence-electron chi connectivity index (χ0n) is 13.3. The lowest BCUT2D eigenvalue weighted by atomic mass is 10.2. The van der Waals surface area contributed by atoms with Gasteiger partial charge in [0.1, 0.15) is 0 Å². The standard InChI is InChI=1S/C16H19BrN4O2/c1-10(2)20-15(22)9-18-16(23)14-8-19-21(11(14)3)13-6-4-12(17)5-7-13/h4-8,10H,9H2,1-3H3,(H,18,23)(H,20,22). The maximum absolute atomic E-state index is 12.2. The molecule has 6 nitrogen and oxygen atoms in total. The first kappa shape index (κ1) is 17.2. The Kier molecular flexibility index (Phi) is 5.54. The van der Waals surface area contributed by atoms with Gasteiger partial charge in [-0.1, -0.05) is 15.9 Å². The van der Waals surface area contributed by atoms with Gasteiger partial charge in [0.2, 0.25) is 5.91 Å². The van der Waals surface area contributed by atoms with E-state index in [4.69, 9.17) is 0 Å². The quantitative estimate of drug-likeness (QED) is 0.836. The van der Waals surface area contributed by atoms with Crippen molar-refractivity contribution in [2.75, 3.05) is 6.54 Å². The average molecular weight is 379 g/mol. The van der Waals surface area contributed by atoms with Gasteiger partial charge in [0.25, 0.3) is 5.91 Å². The van der Waals surface area contributed by atoms with Crippen LogP contribution in [0.25, 0.3) is 5.69 Å². The predicted molar refractivity (Wildman–Crippen MR) is 91.6 cm³/mol. The van der Waals surface area contributed by atoms with Crippen LogP contribution in [-0.4, -0.2) is 34.2 Å². The van der Waals surface area contributed by atoms with Crippen LogP contribution in [0.4, 0.5) is 0 Å². The third-order valence-electron chi connectivity index (χ3n) is 3.18. The summed E-state index contributed by atoms with van der Waals surface area (Å²) in [7, 11) is 0. The van der Waals surface area contributed by atoms with Crippen LogP contribution in [0, 0.1) is 6.92 Å². The predicted octanol–water partition coefficient (Wildman–Crippen LogP) is 2.20. The smallest absolute Gasteiger partial charge is 0.255 e. The second-order valence-electron chi connectivity index (χ2n) is 5.44. The van der Waals surface area contributed by atoms with Crippen molar-refractivity contribution in [1.29, 1.82) is 0 Å². The molecule has 2 aromatic rings. The van der Waals surface area contributed by atoms with Gasteiger partial charge in [-0.15, -0.1) is 0 Å². The Hall–Kier alpha value is -2.15. The number of aromatic nitrogens is 2. The van der Waals surface area contributed by atoms with E-state index >= 15 is 0 Å². The van der Waals surface area contributed by atoms with Gasteiger partial charge >= 0.3 is 0 Å². The Morgan fingerprint density at radius 2 is 1.91 bits per heavy atom. The van der Waals surface area contributed by atoms with E-state index in [-0.39, 0.29) is 24.4 Å². The Morgan fingerprint density at radius 1 is 1.26 bits per heavy atom. The highest BCUT2D eigenvalue weighted by Gasteiger charge is 2.16. The van der Waals surface area contributed by atoms with Crippen molar-refractivity contribution in [3.8, 4) is 5.69 Å². The largest absolute Gasteiger partial charge is 0.352 e. The van der Waals surface area contributed by atoms with E-state index in [2.05, 4.69) is 31.7 Å². The van der Waals surface area contributed by atoms with E-state index in [1.165, 1.54) is 6.20 Å². The molecule has 0 unspecified atom stereocenters. The molecule has 0 bridgehead atoms. The highest BCUT2D eigenvalue weighted by Crippen LogP contribution is 2.17. The van der Waals surface area contributed by atoms with Crippen molar-refractivity contribution >= 4 is 27.7 Å². The number of carbonyl (C=O) groups excluding carboxylic acids is 2. The lowest BCUT2D eigenvalue weighted by molar-refractivity contribution is -0.120. The molecule has 1 aromatic heterocycles. The summed E-state index contributed by atoms with van der Waals surface area (Å²) < 4.78 is 2.66. The zero-order valence-corrected chi connectivity index (χ0v) is 14.8. The van der Waals surface area contributed by atoms with Gasteiger partial charge in [0.15, 0.2) is 0 Å². The highest BCUT2D eigenvalue weighted by atomic mass is 79.9. The number of nitrogens with one attached hydrogen (secondary N) is 2. The van der Waals surface area contributed by atoms with Crippen LogP contribution in [-0.2, 0) is 4.79 Å². The molecule has 0 saturated carbocycles. The summed E-state index contributed by atoms with van der Waals surface area (Å²) in [6, 6.07) is 7.67. The fourth-order valence-electron chi connectivity index (χ4n) is 2.10. The Labute approximate surface area is 143 Å². The third kappa shape index (κ3) is 4.41. The first-order valence-corrected chi connectivity index (χ1v) is 8.06. The second kappa shape index (κ2) is 7.41. The molecule has 0 radical (unpaired) electrons. The van der Waals surface area contributed by atoms with Crippen molar-refractivity contribution in [3.63, 3.8) is 0 Å². The minimum absolute atomic E-state index is 0.0429. The van der Waals surface area contributed by atoms with Gasteiger partial charge in [-0.25, -0.2) is 4.68 Å². The number of amides is 2. The Morgan fingerprint density at radius 3 is 2.52 bits per heavy atom. The van der Waals surface area contributed by atoms with Gasteiger partial charge in [0.05, 0.1) is 29.7 Å². The maximum Gasteiger partial charge on any atom is 0.255 e. The summed E-state index contributed by atoms with van der Waals surface area (Å²) in [5.74, 6) is -0.531. The van der Waals surface area contributed by atoms with Gasteiger partial charge in [0, 0.05) is 10.5 Å². The van der Waals surface area contributed by atoms with Crippen molar-refractivity contribution < 1.29 is 9.59 Å². The summed E-state index contributed by atoms with van der Waals surface area (Å²) in [6.45, 7) is 5.50. The zero-order chi connectivity index (χ0) is 17.0. The van der Waals surface area contributed by atoms with E-state index in [1.807, 2.05) is 45.0 Å². The molecular weight excluding hydrogens is 360 g/mol. The summed E-state index contributed by atoms with van der Waals surface area (Å²) in [4.78, 5) is 23.8. The molecule has 0 aliphatic rings. The molecule has 0 spiro atoms. The molecule has 1 heterocycles. The minimum Gasteiger partial charge on any atom is -0.352 e. The summed E-state index contributed by atoms with van der Waals surface area (Å²) >= 11 is 3.38. The van der Waals surface area contributed by atoms with E-state index in [0.717, 1.165) is 10.2 Å². The van der Waals surface area contributed by atoms with Gasteiger partial charge in [-0.05, 0) is 45.0 Å². The maximum atomic E-state index is 12.2. The fraction of sp³-hybridized carbons (Fsp3) is 0.312. The van der Waals surface area contributed by atoms with E-state index in [0.29, 0.717) is 11.3 Å². The van der Waals surface area contributed by atoms with Crippen LogP contribution in [0.15, 0.2) is 34.9 Å².